The molecule has 8 heteroatoms. The smallest absolute Gasteiger partial charge is 0.493 e. The van der Waals surface area contributed by atoms with Gasteiger partial charge in [0.1, 0.15) is 5.75 Å². The molecule has 172 valence electrons. The van der Waals surface area contributed by atoms with Crippen molar-refractivity contribution in [1.29, 1.82) is 0 Å². The van der Waals surface area contributed by atoms with Gasteiger partial charge in [0.25, 0.3) is 17.9 Å². The number of hydrogen-bond acceptors (Lipinski definition) is 7. The molecule has 0 N–H and O–H groups in total. The first-order chi connectivity index (χ1) is 15.3. The van der Waals surface area contributed by atoms with E-state index in [1.807, 2.05) is 48.5 Å². The van der Waals surface area contributed by atoms with Crippen LogP contribution in [0.2, 0.25) is 6.04 Å². The van der Waals surface area contributed by atoms with Crippen LogP contribution >= 0.6 is 0 Å². The lowest BCUT2D eigenvalue weighted by Crippen LogP contribution is -2.49. The predicted molar refractivity (Wildman–Crippen MR) is 122 cm³/mol. The lowest BCUT2D eigenvalue weighted by atomic mass is 9.99. The number of hydrogen-bond donors (Lipinski definition) is 0. The molecule has 7 nitrogen and oxygen atoms in total. The zero-order chi connectivity index (χ0) is 23.6. The molecule has 0 aliphatic heterocycles. The minimum Gasteiger partial charge on any atom is -0.493 e. The fourth-order valence-corrected chi connectivity index (χ4v) is 5.72. The summed E-state index contributed by atoms with van der Waals surface area (Å²) in [6.07, 6.45) is 2.19. The summed E-state index contributed by atoms with van der Waals surface area (Å²) in [6.45, 7) is 5.91. The van der Waals surface area contributed by atoms with E-state index in [2.05, 4.69) is 6.92 Å². The highest BCUT2D eigenvalue weighted by atomic mass is 28.4. The van der Waals surface area contributed by atoms with Crippen molar-refractivity contribution in [3.05, 3.63) is 54.1 Å². The highest BCUT2D eigenvalue weighted by Gasteiger charge is 2.51. The molecule has 0 aromatic heterocycles. The van der Waals surface area contributed by atoms with Gasteiger partial charge in [0, 0.05) is 26.3 Å². The van der Waals surface area contributed by atoms with Crippen molar-refractivity contribution in [2.75, 3.05) is 6.61 Å². The molecule has 2 aromatic rings. The van der Waals surface area contributed by atoms with Crippen LogP contribution in [0.3, 0.4) is 0 Å². The average molecular weight is 459 g/mol. The standard InChI is InChI=1S/C24H30O7Si/c1-5-11-22-14-9-15-23(21-12-7-6-8-13-21)24(22)28-16-10-17-32(29-18(2)25,30-19(3)26)31-20(4)27/h6-9,12-15H,5,10-11,16-17H2,1-4H3. The fraction of sp³-hybridized carbons (Fsp3) is 0.375. The Balaban J connectivity index is 2.20. The molecular weight excluding hydrogens is 428 g/mol. The Morgan fingerprint density at radius 1 is 0.812 bits per heavy atom. The van der Waals surface area contributed by atoms with Crippen molar-refractivity contribution in [2.45, 2.75) is 53.0 Å². The van der Waals surface area contributed by atoms with Gasteiger partial charge in [0.2, 0.25) is 0 Å². The highest BCUT2D eigenvalue weighted by molar-refractivity contribution is 6.65. The molecule has 0 bridgehead atoms. The summed E-state index contributed by atoms with van der Waals surface area (Å²) in [7, 11) is -3.86. The number of ether oxygens (including phenoxy) is 1. The van der Waals surface area contributed by atoms with E-state index in [1.165, 1.54) is 20.8 Å². The van der Waals surface area contributed by atoms with Gasteiger partial charge in [-0.2, -0.15) is 0 Å². The van der Waals surface area contributed by atoms with Gasteiger partial charge >= 0.3 is 8.80 Å². The summed E-state index contributed by atoms with van der Waals surface area (Å²) in [4.78, 5) is 34.8. The maximum absolute atomic E-state index is 11.6. The molecule has 0 aliphatic rings. The van der Waals surface area contributed by atoms with Gasteiger partial charge in [-0.15, -0.1) is 0 Å². The van der Waals surface area contributed by atoms with E-state index < -0.39 is 26.7 Å². The molecule has 0 atom stereocenters. The second kappa shape index (κ2) is 12.0. The fourth-order valence-electron chi connectivity index (χ4n) is 3.40. The van der Waals surface area contributed by atoms with Crippen LogP contribution in [0.4, 0.5) is 0 Å². The minimum absolute atomic E-state index is 0.0718. The number of carbonyl (C=O) groups is 3. The van der Waals surface area contributed by atoms with Crippen molar-refractivity contribution in [1.82, 2.24) is 0 Å². The molecule has 2 aromatic carbocycles. The Morgan fingerprint density at radius 3 is 1.94 bits per heavy atom. The van der Waals surface area contributed by atoms with Crippen LogP contribution in [-0.4, -0.2) is 33.3 Å². The SMILES string of the molecule is CCCc1cccc(-c2ccccc2)c1OCCC[Si](OC(C)=O)(OC(C)=O)OC(C)=O. The Kier molecular flexibility index (Phi) is 9.46. The van der Waals surface area contributed by atoms with Gasteiger partial charge in [-0.1, -0.05) is 61.9 Å². The lowest BCUT2D eigenvalue weighted by molar-refractivity contribution is -0.147. The second-order valence-electron chi connectivity index (χ2n) is 7.33. The topological polar surface area (TPSA) is 88.1 Å². The molecule has 0 radical (unpaired) electrons. The maximum atomic E-state index is 11.6. The Bertz CT molecular complexity index is 886. The first kappa shape index (κ1) is 25.1. The van der Waals surface area contributed by atoms with E-state index in [0.29, 0.717) is 6.42 Å². The second-order valence-corrected chi connectivity index (χ2v) is 9.80. The number of carbonyl (C=O) groups excluding carboxylic acids is 3. The van der Waals surface area contributed by atoms with Crippen LogP contribution in [0.25, 0.3) is 11.1 Å². The average Bonchev–Trinajstić information content (AvgIpc) is 2.71. The normalized spacial score (nSPS) is 10.9. The molecule has 32 heavy (non-hydrogen) atoms. The highest BCUT2D eigenvalue weighted by Crippen LogP contribution is 2.34. The van der Waals surface area contributed by atoms with E-state index in [0.717, 1.165) is 35.3 Å². The molecule has 0 saturated heterocycles. The number of rotatable bonds is 11. The molecule has 0 amide bonds. The Hall–Kier alpha value is -3.13. The van der Waals surface area contributed by atoms with Crippen LogP contribution in [0.15, 0.2) is 48.5 Å². The van der Waals surface area contributed by atoms with Crippen molar-refractivity contribution >= 4 is 26.7 Å². The third kappa shape index (κ3) is 7.53. The van der Waals surface area contributed by atoms with Crippen LogP contribution in [0.1, 0.15) is 46.1 Å². The Labute approximate surface area is 190 Å². The minimum atomic E-state index is -3.86. The van der Waals surface area contributed by atoms with Crippen LogP contribution in [-0.2, 0) is 34.1 Å². The van der Waals surface area contributed by atoms with Crippen LogP contribution in [0.5, 0.6) is 5.75 Å². The quantitative estimate of drug-likeness (QED) is 0.356. The van der Waals surface area contributed by atoms with E-state index in [9.17, 15) is 14.4 Å². The van der Waals surface area contributed by atoms with Gasteiger partial charge in [-0.3, -0.25) is 14.4 Å². The summed E-state index contributed by atoms with van der Waals surface area (Å²) >= 11 is 0. The third-order valence-electron chi connectivity index (χ3n) is 4.47. The first-order valence-electron chi connectivity index (χ1n) is 10.6. The number of benzene rings is 2. The molecule has 0 unspecified atom stereocenters. The monoisotopic (exact) mass is 458 g/mol. The van der Waals surface area contributed by atoms with E-state index in [-0.39, 0.29) is 12.7 Å². The summed E-state index contributed by atoms with van der Waals surface area (Å²) in [5.74, 6) is -1.25. The zero-order valence-electron chi connectivity index (χ0n) is 19.0. The first-order valence-corrected chi connectivity index (χ1v) is 12.6. The summed E-state index contributed by atoms with van der Waals surface area (Å²) in [6, 6.07) is 16.1. The molecule has 0 saturated carbocycles. The van der Waals surface area contributed by atoms with Gasteiger partial charge in [0.15, 0.2) is 0 Å². The summed E-state index contributed by atoms with van der Waals surface area (Å²) in [5.41, 5.74) is 3.13. The maximum Gasteiger partial charge on any atom is 0.705 e. The van der Waals surface area contributed by atoms with Crippen LogP contribution < -0.4 is 4.74 Å². The van der Waals surface area contributed by atoms with Gasteiger partial charge in [-0.05, 0) is 24.0 Å². The van der Waals surface area contributed by atoms with Gasteiger partial charge in [-0.25, -0.2) is 0 Å². The molecular formula is C24H30O7Si. The van der Waals surface area contributed by atoms with E-state index in [4.69, 9.17) is 18.0 Å². The van der Waals surface area contributed by atoms with Gasteiger partial charge < -0.3 is 18.0 Å². The molecule has 0 aliphatic carbocycles. The number of aryl methyl sites for hydroxylation is 1. The predicted octanol–water partition coefficient (Wildman–Crippen LogP) is 4.70. The molecule has 2 rings (SSSR count). The van der Waals surface area contributed by atoms with Crippen molar-refractivity contribution in [3.63, 3.8) is 0 Å². The van der Waals surface area contributed by atoms with Crippen LogP contribution in [0, 0.1) is 0 Å². The summed E-state index contributed by atoms with van der Waals surface area (Å²) < 4.78 is 21.9. The summed E-state index contributed by atoms with van der Waals surface area (Å²) in [5, 5.41) is 0. The lowest BCUT2D eigenvalue weighted by Gasteiger charge is -2.26. The van der Waals surface area contributed by atoms with E-state index in [1.54, 1.807) is 0 Å². The number of para-hydroxylation sites is 1. The van der Waals surface area contributed by atoms with Crippen molar-refractivity contribution in [3.8, 4) is 16.9 Å². The van der Waals surface area contributed by atoms with Crippen molar-refractivity contribution in [2.24, 2.45) is 0 Å². The molecule has 0 heterocycles. The largest absolute Gasteiger partial charge is 0.705 e. The zero-order valence-corrected chi connectivity index (χ0v) is 20.0. The van der Waals surface area contributed by atoms with Gasteiger partial charge in [0.05, 0.1) is 12.7 Å². The molecule has 0 spiro atoms. The van der Waals surface area contributed by atoms with E-state index >= 15 is 0 Å². The van der Waals surface area contributed by atoms with Crippen molar-refractivity contribution < 1.29 is 32.4 Å². The Morgan fingerprint density at radius 2 is 1.41 bits per heavy atom. The third-order valence-corrected chi connectivity index (χ3v) is 7.23. The molecule has 0 fully saturated rings.